The number of imidazole rings is 1. The second-order valence-corrected chi connectivity index (χ2v) is 7.62. The van der Waals surface area contributed by atoms with Gasteiger partial charge < -0.3 is 29.8 Å². The summed E-state index contributed by atoms with van der Waals surface area (Å²) in [5.41, 5.74) is 1.59. The van der Waals surface area contributed by atoms with Crippen molar-refractivity contribution in [2.24, 2.45) is 0 Å². The lowest BCUT2D eigenvalue weighted by Crippen LogP contribution is -2.41. The minimum Gasteiger partial charge on any atom is -0.444 e. The van der Waals surface area contributed by atoms with E-state index in [2.05, 4.69) is 25.0 Å². The van der Waals surface area contributed by atoms with Crippen LogP contribution in [0.2, 0.25) is 0 Å². The van der Waals surface area contributed by atoms with Crippen LogP contribution in [-0.2, 0) is 19.6 Å². The first-order chi connectivity index (χ1) is 16.2. The van der Waals surface area contributed by atoms with E-state index in [-0.39, 0.29) is 23.6 Å². The Hall–Kier alpha value is -3.94. The molecule has 0 radical (unpaired) electrons. The zero-order valence-corrected chi connectivity index (χ0v) is 17.9. The average Bonchev–Trinajstić information content (AvgIpc) is 3.22. The minimum atomic E-state index is -4.73. The first-order valence-corrected chi connectivity index (χ1v) is 10.1. The van der Waals surface area contributed by atoms with Gasteiger partial charge in [-0.25, -0.2) is 9.97 Å². The van der Waals surface area contributed by atoms with E-state index in [0.29, 0.717) is 32.2 Å². The van der Waals surface area contributed by atoms with Crippen LogP contribution in [0.15, 0.2) is 42.9 Å². The maximum absolute atomic E-state index is 12.3. The molecule has 14 heteroatoms. The smallest absolute Gasteiger partial charge is 0.444 e. The molecular weight excluding hydrogens is 459 g/mol. The summed E-state index contributed by atoms with van der Waals surface area (Å²) < 4.78 is 47.7. The van der Waals surface area contributed by atoms with Crippen LogP contribution in [0, 0.1) is 10.1 Å². The molecule has 11 nitrogen and oxygen atoms in total. The van der Waals surface area contributed by atoms with Crippen LogP contribution in [0.3, 0.4) is 0 Å². The summed E-state index contributed by atoms with van der Waals surface area (Å²) in [5, 5.41) is 14.1. The molecule has 0 spiro atoms. The van der Waals surface area contributed by atoms with Gasteiger partial charge in [-0.1, -0.05) is 12.1 Å². The number of benzene rings is 1. The zero-order chi connectivity index (χ0) is 24.3. The van der Waals surface area contributed by atoms with Crippen LogP contribution in [0.5, 0.6) is 11.8 Å². The van der Waals surface area contributed by atoms with E-state index in [4.69, 9.17) is 4.74 Å². The maximum Gasteiger partial charge on any atom is 0.573 e. The average molecular weight is 479 g/mol. The molecule has 180 valence electrons. The third-order valence-electron chi connectivity index (χ3n) is 4.95. The Kier molecular flexibility index (Phi) is 6.49. The van der Waals surface area contributed by atoms with Crippen LogP contribution < -0.4 is 19.7 Å². The van der Waals surface area contributed by atoms with Gasteiger partial charge in [-0.15, -0.1) is 13.2 Å². The lowest BCUT2D eigenvalue weighted by Gasteiger charge is -2.23. The number of alkyl halides is 3. The van der Waals surface area contributed by atoms with E-state index in [1.165, 1.54) is 18.3 Å². The molecule has 1 atom stereocenters. The highest BCUT2D eigenvalue weighted by atomic mass is 19.4. The summed E-state index contributed by atoms with van der Waals surface area (Å²) in [5.74, 6) is -0.0806. The Labute approximate surface area is 191 Å². The number of nitrogens with one attached hydrogen (secondary N) is 1. The van der Waals surface area contributed by atoms with Crippen LogP contribution in [0.1, 0.15) is 11.1 Å². The number of nitro groups is 1. The second kappa shape index (κ2) is 9.51. The fourth-order valence-corrected chi connectivity index (χ4v) is 3.35. The van der Waals surface area contributed by atoms with Crippen molar-refractivity contribution in [3.63, 3.8) is 0 Å². The summed E-state index contributed by atoms with van der Waals surface area (Å²) >= 11 is 0. The minimum absolute atomic E-state index is 0.0760. The Bertz CT molecular complexity index is 1140. The third-order valence-corrected chi connectivity index (χ3v) is 4.95. The van der Waals surface area contributed by atoms with Gasteiger partial charge in [-0.2, -0.15) is 0 Å². The number of anilines is 1. The Balaban J connectivity index is 1.28. The highest BCUT2D eigenvalue weighted by molar-refractivity contribution is 5.34. The number of ether oxygens (including phenoxy) is 2. The Morgan fingerprint density at radius 1 is 1.26 bits per heavy atom. The molecule has 34 heavy (non-hydrogen) atoms. The highest BCUT2D eigenvalue weighted by Gasteiger charge is 2.31. The molecular formula is C20H20F3N7O4. The number of aromatic nitrogens is 4. The van der Waals surface area contributed by atoms with Crippen molar-refractivity contribution in [2.75, 3.05) is 18.6 Å². The molecule has 0 fully saturated rings. The Morgan fingerprint density at radius 2 is 1.97 bits per heavy atom. The molecule has 4 rings (SSSR count). The van der Waals surface area contributed by atoms with E-state index in [1.54, 1.807) is 41.0 Å². The fourth-order valence-electron chi connectivity index (χ4n) is 3.35. The number of hydrogen-bond donors (Lipinski definition) is 1. The van der Waals surface area contributed by atoms with Gasteiger partial charge in [0.25, 0.3) is 0 Å². The molecule has 3 heterocycles. The third kappa shape index (κ3) is 5.89. The topological polar surface area (TPSA) is 120 Å². The van der Waals surface area contributed by atoms with Gasteiger partial charge in [-0.05, 0) is 22.6 Å². The molecule has 1 aliphatic rings. The lowest BCUT2D eigenvalue weighted by atomic mass is 10.2. The second-order valence-electron chi connectivity index (χ2n) is 7.62. The Morgan fingerprint density at radius 3 is 2.62 bits per heavy atom. The van der Waals surface area contributed by atoms with Gasteiger partial charge in [0, 0.05) is 49.6 Å². The summed E-state index contributed by atoms with van der Waals surface area (Å²) in [6, 6.07) is 5.75. The van der Waals surface area contributed by atoms with Crippen molar-refractivity contribution in [3.05, 3.63) is 64.1 Å². The predicted octanol–water partition coefficient (Wildman–Crippen LogP) is 2.67. The van der Waals surface area contributed by atoms with Crippen molar-refractivity contribution in [2.45, 2.75) is 32.0 Å². The first kappa shape index (κ1) is 23.2. The number of nitrogens with zero attached hydrogens (tertiary/aromatic N) is 6. The van der Waals surface area contributed by atoms with E-state index < -0.39 is 11.3 Å². The van der Waals surface area contributed by atoms with Gasteiger partial charge in [0.1, 0.15) is 18.6 Å². The van der Waals surface area contributed by atoms with Crippen molar-refractivity contribution >= 4 is 11.8 Å². The zero-order valence-electron chi connectivity index (χ0n) is 17.9. The SMILES string of the molecule is CN(Cc1ccc(OC(F)(F)F)cc1)c1ncc(CN[C@@H]2COc3nc([N+](=O)[O-])cn3C2)cn1. The van der Waals surface area contributed by atoms with Crippen LogP contribution in [0.4, 0.5) is 24.9 Å². The number of hydrogen-bond acceptors (Lipinski definition) is 9. The first-order valence-electron chi connectivity index (χ1n) is 10.1. The molecule has 1 aromatic carbocycles. The predicted molar refractivity (Wildman–Crippen MR) is 112 cm³/mol. The molecule has 0 amide bonds. The number of halogens is 3. The highest BCUT2D eigenvalue weighted by Crippen LogP contribution is 2.24. The number of fused-ring (bicyclic) bond motifs is 1. The molecule has 0 aliphatic carbocycles. The number of rotatable bonds is 8. The summed E-state index contributed by atoms with van der Waals surface area (Å²) in [4.78, 5) is 24.5. The van der Waals surface area contributed by atoms with E-state index in [0.717, 1.165) is 11.1 Å². The summed E-state index contributed by atoms with van der Waals surface area (Å²) in [6.45, 7) is 1.65. The maximum atomic E-state index is 12.3. The molecule has 1 N–H and O–H groups in total. The fraction of sp³-hybridized carbons (Fsp3) is 0.350. The van der Waals surface area contributed by atoms with Crippen molar-refractivity contribution < 1.29 is 27.6 Å². The van der Waals surface area contributed by atoms with Crippen molar-refractivity contribution in [1.29, 1.82) is 0 Å². The summed E-state index contributed by atoms with van der Waals surface area (Å²) in [7, 11) is 1.77. The van der Waals surface area contributed by atoms with Gasteiger partial charge in [0.15, 0.2) is 0 Å². The normalized spacial score (nSPS) is 15.4. The molecule has 0 bridgehead atoms. The molecule has 0 saturated heterocycles. The van der Waals surface area contributed by atoms with Crippen LogP contribution >= 0.6 is 0 Å². The molecule has 0 saturated carbocycles. The monoisotopic (exact) mass is 479 g/mol. The molecule has 1 aliphatic heterocycles. The van der Waals surface area contributed by atoms with Crippen molar-refractivity contribution in [1.82, 2.24) is 24.8 Å². The van der Waals surface area contributed by atoms with Gasteiger partial charge in [0.2, 0.25) is 5.95 Å². The van der Waals surface area contributed by atoms with Gasteiger partial charge in [-0.3, -0.25) is 4.57 Å². The van der Waals surface area contributed by atoms with Gasteiger partial charge >= 0.3 is 18.2 Å². The van der Waals surface area contributed by atoms with E-state index >= 15 is 0 Å². The standard InChI is InChI=1S/C20H20F3N7O4/c1-28(9-13-2-4-16(5-3-13)34-20(21,22)23)18-25-7-14(8-26-18)6-24-15-10-29-11-17(30(31)32)27-19(29)33-12-15/h2-5,7-8,11,15,24H,6,9-10,12H2,1H3/t15-/m0/s1. The quantitative estimate of drug-likeness (QED) is 0.384. The van der Waals surface area contributed by atoms with E-state index in [9.17, 15) is 23.3 Å². The van der Waals surface area contributed by atoms with Crippen LogP contribution in [0.25, 0.3) is 0 Å². The van der Waals surface area contributed by atoms with Gasteiger partial charge in [0.05, 0.1) is 6.04 Å². The molecule has 0 unspecified atom stereocenters. The van der Waals surface area contributed by atoms with E-state index in [1.807, 2.05) is 0 Å². The molecule has 2 aromatic heterocycles. The lowest BCUT2D eigenvalue weighted by molar-refractivity contribution is -0.389. The summed E-state index contributed by atoms with van der Waals surface area (Å²) in [6.07, 6.45) is -0.0453. The molecule has 3 aromatic rings. The van der Waals surface area contributed by atoms with Crippen LogP contribution in [-0.4, -0.2) is 50.5 Å². The van der Waals surface area contributed by atoms with Crippen molar-refractivity contribution in [3.8, 4) is 11.8 Å². The largest absolute Gasteiger partial charge is 0.573 e.